The van der Waals surface area contributed by atoms with Crippen LogP contribution in [0.2, 0.25) is 0 Å². The highest BCUT2D eigenvalue weighted by atomic mass is 16.6. The fourth-order valence-corrected chi connectivity index (χ4v) is 5.11. The molecule has 1 aromatic rings. The molecule has 1 heterocycles. The SMILES string of the molecule is CCCCCC[C@@H]1C(=O)O[C@H]1C[C@H](CCC=CCOCCOCCOCC(=O)OCc1ccccc1)OC(=O)[C@H](CC(C)C)NC=O. The molecule has 0 aromatic heterocycles. The van der Waals surface area contributed by atoms with Crippen molar-refractivity contribution < 1.29 is 47.6 Å². The van der Waals surface area contributed by atoms with Gasteiger partial charge in [0, 0.05) is 6.42 Å². The Bertz CT molecular complexity index is 1050. The van der Waals surface area contributed by atoms with Crippen LogP contribution in [0.3, 0.4) is 0 Å². The number of allylic oxidation sites excluding steroid dienone is 1. The topological polar surface area (TPSA) is 136 Å². The van der Waals surface area contributed by atoms with Crippen LogP contribution in [0.1, 0.15) is 84.1 Å². The zero-order valence-corrected chi connectivity index (χ0v) is 28.4. The van der Waals surface area contributed by atoms with E-state index in [1.54, 1.807) is 0 Å². The summed E-state index contributed by atoms with van der Waals surface area (Å²) in [6.45, 7) is 7.99. The molecule has 11 nitrogen and oxygen atoms in total. The van der Waals surface area contributed by atoms with Crippen LogP contribution in [-0.2, 0) is 54.2 Å². The van der Waals surface area contributed by atoms with Gasteiger partial charge >= 0.3 is 17.9 Å². The summed E-state index contributed by atoms with van der Waals surface area (Å²) in [5.74, 6) is -1.04. The molecule has 1 saturated heterocycles. The molecule has 0 radical (unpaired) electrons. The summed E-state index contributed by atoms with van der Waals surface area (Å²) in [4.78, 5) is 47.9. The quantitative estimate of drug-likeness (QED) is 0.0425. The third-order valence-corrected chi connectivity index (χ3v) is 7.67. The van der Waals surface area contributed by atoms with Gasteiger partial charge in [0.2, 0.25) is 6.41 Å². The molecule has 0 saturated carbocycles. The van der Waals surface area contributed by atoms with Crippen molar-refractivity contribution in [1.29, 1.82) is 0 Å². The van der Waals surface area contributed by atoms with Crippen molar-refractivity contribution in [2.45, 2.75) is 103 Å². The molecule has 2 rings (SSSR count). The molecule has 1 aromatic carbocycles. The molecule has 4 atom stereocenters. The lowest BCUT2D eigenvalue weighted by Gasteiger charge is -2.37. The number of amides is 1. The first kappa shape index (κ1) is 39.9. The van der Waals surface area contributed by atoms with Gasteiger partial charge in [0.1, 0.15) is 31.5 Å². The highest BCUT2D eigenvalue weighted by Crippen LogP contribution is 2.32. The van der Waals surface area contributed by atoms with Crippen molar-refractivity contribution in [1.82, 2.24) is 5.32 Å². The molecule has 0 aliphatic carbocycles. The molecule has 0 unspecified atom stereocenters. The highest BCUT2D eigenvalue weighted by molar-refractivity contribution is 5.79. The lowest BCUT2D eigenvalue weighted by molar-refractivity contribution is -0.190. The van der Waals surface area contributed by atoms with Crippen LogP contribution in [0.4, 0.5) is 0 Å². The zero-order valence-electron chi connectivity index (χ0n) is 28.4. The van der Waals surface area contributed by atoms with Crippen LogP contribution in [-0.4, -0.2) is 82.2 Å². The van der Waals surface area contributed by atoms with Crippen LogP contribution in [0.25, 0.3) is 0 Å². The van der Waals surface area contributed by atoms with Crippen molar-refractivity contribution in [3.8, 4) is 0 Å². The minimum atomic E-state index is -0.719. The molecule has 1 aliphatic rings. The number of rotatable bonds is 28. The summed E-state index contributed by atoms with van der Waals surface area (Å²) < 4.78 is 32.8. The second-order valence-electron chi connectivity index (χ2n) is 12.1. The van der Waals surface area contributed by atoms with Gasteiger partial charge in [0.25, 0.3) is 0 Å². The van der Waals surface area contributed by atoms with E-state index in [1.165, 1.54) is 0 Å². The zero-order chi connectivity index (χ0) is 34.1. The van der Waals surface area contributed by atoms with Crippen LogP contribution in [0, 0.1) is 11.8 Å². The van der Waals surface area contributed by atoms with Crippen LogP contribution in [0.15, 0.2) is 42.5 Å². The van der Waals surface area contributed by atoms with Gasteiger partial charge in [-0.25, -0.2) is 9.59 Å². The van der Waals surface area contributed by atoms with E-state index in [2.05, 4.69) is 12.2 Å². The monoisotopic (exact) mass is 661 g/mol. The molecule has 0 bridgehead atoms. The third-order valence-electron chi connectivity index (χ3n) is 7.67. The summed E-state index contributed by atoms with van der Waals surface area (Å²) in [6, 6.07) is 8.73. The number of cyclic esters (lactones) is 1. The number of hydrogen-bond acceptors (Lipinski definition) is 10. The van der Waals surface area contributed by atoms with E-state index in [0.29, 0.717) is 58.5 Å². The molecule has 1 aliphatic heterocycles. The predicted molar refractivity (Wildman–Crippen MR) is 176 cm³/mol. The van der Waals surface area contributed by atoms with Gasteiger partial charge in [-0.05, 0) is 37.2 Å². The minimum absolute atomic E-state index is 0.128. The summed E-state index contributed by atoms with van der Waals surface area (Å²) in [6.07, 6.45) is 10.9. The van der Waals surface area contributed by atoms with Crippen LogP contribution >= 0.6 is 0 Å². The Kier molecular flexibility index (Phi) is 21.1. The molecule has 11 heteroatoms. The first-order valence-corrected chi connectivity index (χ1v) is 17.0. The molecule has 1 fully saturated rings. The van der Waals surface area contributed by atoms with Gasteiger partial charge in [-0.3, -0.25) is 9.59 Å². The average molecular weight is 662 g/mol. The molecular formula is C36H55NO10. The normalized spacial score (nSPS) is 17.1. The standard InChI is InChI=1S/C36H55NO10/c1-4-5-6-12-17-31-33(47-35(31)40)24-30(46-36(41)32(37-27-38)23-28(2)3)16-11-8-13-18-42-19-20-43-21-22-44-26-34(39)45-25-29-14-9-7-10-15-29/h7-10,13-15,27-28,30-33H,4-6,11-12,16-26H2,1-3H3,(H,37,38)/t30-,31-,32-,33-/m0/s1. The van der Waals surface area contributed by atoms with E-state index >= 15 is 0 Å². The van der Waals surface area contributed by atoms with E-state index in [4.69, 9.17) is 28.4 Å². The van der Waals surface area contributed by atoms with Gasteiger partial charge < -0.3 is 33.7 Å². The molecule has 1 amide bonds. The number of nitrogens with one attached hydrogen (secondary N) is 1. The maximum atomic E-state index is 13.0. The number of hydrogen-bond donors (Lipinski definition) is 1. The first-order valence-electron chi connectivity index (χ1n) is 17.0. The molecular weight excluding hydrogens is 606 g/mol. The molecule has 47 heavy (non-hydrogen) atoms. The Morgan fingerprint density at radius 3 is 2.43 bits per heavy atom. The van der Waals surface area contributed by atoms with Gasteiger partial charge in [-0.1, -0.05) is 88.9 Å². The maximum Gasteiger partial charge on any atom is 0.332 e. The number of ether oxygens (including phenoxy) is 6. The van der Waals surface area contributed by atoms with E-state index in [-0.39, 0.29) is 43.7 Å². The molecule has 1 N–H and O–H groups in total. The Labute approximate surface area is 280 Å². The number of unbranched alkanes of at least 4 members (excludes halogenated alkanes) is 3. The van der Waals surface area contributed by atoms with E-state index < -0.39 is 24.1 Å². The fourth-order valence-electron chi connectivity index (χ4n) is 5.11. The van der Waals surface area contributed by atoms with Crippen molar-refractivity contribution in [2.75, 3.05) is 39.6 Å². The van der Waals surface area contributed by atoms with Crippen LogP contribution in [0.5, 0.6) is 0 Å². The van der Waals surface area contributed by atoms with E-state index in [0.717, 1.165) is 37.7 Å². The van der Waals surface area contributed by atoms with E-state index in [1.807, 2.05) is 56.3 Å². The van der Waals surface area contributed by atoms with E-state index in [9.17, 15) is 19.2 Å². The second-order valence-corrected chi connectivity index (χ2v) is 12.1. The lowest BCUT2D eigenvalue weighted by Crippen LogP contribution is -2.48. The summed E-state index contributed by atoms with van der Waals surface area (Å²) in [7, 11) is 0. The number of benzene rings is 1. The molecule has 0 spiro atoms. The fraction of sp³-hybridized carbons (Fsp3) is 0.667. The Morgan fingerprint density at radius 2 is 1.72 bits per heavy atom. The third kappa shape index (κ3) is 18.0. The van der Waals surface area contributed by atoms with Gasteiger partial charge in [0.05, 0.1) is 39.0 Å². The lowest BCUT2D eigenvalue weighted by atomic mass is 9.86. The Morgan fingerprint density at radius 1 is 0.979 bits per heavy atom. The van der Waals surface area contributed by atoms with Gasteiger partial charge in [0.15, 0.2) is 0 Å². The van der Waals surface area contributed by atoms with Crippen molar-refractivity contribution in [3.63, 3.8) is 0 Å². The maximum absolute atomic E-state index is 13.0. The van der Waals surface area contributed by atoms with Gasteiger partial charge in [-0.15, -0.1) is 0 Å². The largest absolute Gasteiger partial charge is 0.461 e. The second kappa shape index (κ2) is 24.8. The van der Waals surface area contributed by atoms with Gasteiger partial charge in [-0.2, -0.15) is 0 Å². The van der Waals surface area contributed by atoms with Crippen LogP contribution < -0.4 is 5.32 Å². The number of carbonyl (C=O) groups is 4. The average Bonchev–Trinajstić information content (AvgIpc) is 3.05. The first-order chi connectivity index (χ1) is 22.8. The summed E-state index contributed by atoms with van der Waals surface area (Å²) >= 11 is 0. The summed E-state index contributed by atoms with van der Waals surface area (Å²) in [5, 5.41) is 2.58. The predicted octanol–water partition coefficient (Wildman–Crippen LogP) is 5.09. The smallest absolute Gasteiger partial charge is 0.332 e. The van der Waals surface area contributed by atoms with Crippen molar-refractivity contribution in [2.24, 2.45) is 11.8 Å². The minimum Gasteiger partial charge on any atom is -0.461 e. The Balaban J connectivity index is 1.64. The number of esters is 3. The van der Waals surface area contributed by atoms with Crippen molar-refractivity contribution >= 4 is 24.3 Å². The summed E-state index contributed by atoms with van der Waals surface area (Å²) in [5.41, 5.74) is 0.920. The number of carbonyl (C=O) groups excluding carboxylic acids is 4. The van der Waals surface area contributed by atoms with Crippen molar-refractivity contribution in [3.05, 3.63) is 48.0 Å². The highest BCUT2D eigenvalue weighted by Gasteiger charge is 2.43. The molecule has 264 valence electrons. The Hall–Kier alpha value is -3.28.